The number of hydrogen-bond acceptors (Lipinski definition) is 1. The van der Waals surface area contributed by atoms with Gasteiger partial charge in [-0.3, -0.25) is 0 Å². The van der Waals surface area contributed by atoms with Gasteiger partial charge in [0.1, 0.15) is 0 Å². The van der Waals surface area contributed by atoms with E-state index in [1.54, 1.807) is 0 Å². The lowest BCUT2D eigenvalue weighted by Gasteiger charge is -2.31. The van der Waals surface area contributed by atoms with Crippen molar-refractivity contribution in [1.82, 2.24) is 0 Å². The van der Waals surface area contributed by atoms with Gasteiger partial charge in [0.05, 0.1) is 12.2 Å². The molecule has 0 aromatic carbocycles. The maximum atomic E-state index is 5.95. The summed E-state index contributed by atoms with van der Waals surface area (Å²) in [5.41, 5.74) is 0. The molecule has 0 N–H and O–H groups in total. The van der Waals surface area contributed by atoms with Crippen molar-refractivity contribution in [3.8, 4) is 0 Å². The first-order valence-electron chi connectivity index (χ1n) is 5.39. The van der Waals surface area contributed by atoms with E-state index in [0.29, 0.717) is 12.2 Å². The van der Waals surface area contributed by atoms with Gasteiger partial charge >= 0.3 is 0 Å². The summed E-state index contributed by atoms with van der Waals surface area (Å²) in [5, 5.41) is 0. The Labute approximate surface area is 76.5 Å². The summed E-state index contributed by atoms with van der Waals surface area (Å²) in [7, 11) is 0. The van der Waals surface area contributed by atoms with E-state index in [4.69, 9.17) is 4.74 Å². The average Bonchev–Trinajstić information content (AvgIpc) is 2.09. The van der Waals surface area contributed by atoms with Crippen molar-refractivity contribution in [3.05, 3.63) is 0 Å². The molecule has 0 aromatic rings. The van der Waals surface area contributed by atoms with Crippen LogP contribution in [-0.4, -0.2) is 12.2 Å². The number of rotatable bonds is 3. The van der Waals surface area contributed by atoms with Crippen LogP contribution in [0.15, 0.2) is 0 Å². The highest BCUT2D eigenvalue weighted by atomic mass is 16.5. The molecule has 0 heterocycles. The van der Waals surface area contributed by atoms with Crippen molar-refractivity contribution in [3.63, 3.8) is 0 Å². The molecule has 0 aromatic heterocycles. The van der Waals surface area contributed by atoms with E-state index < -0.39 is 0 Å². The zero-order valence-electron chi connectivity index (χ0n) is 8.68. The Morgan fingerprint density at radius 3 is 2.58 bits per heavy atom. The van der Waals surface area contributed by atoms with Crippen LogP contribution in [0.2, 0.25) is 0 Å². The summed E-state index contributed by atoms with van der Waals surface area (Å²) < 4.78 is 5.95. The Hall–Kier alpha value is -0.0400. The van der Waals surface area contributed by atoms with E-state index in [-0.39, 0.29) is 0 Å². The Morgan fingerprint density at radius 1 is 1.33 bits per heavy atom. The van der Waals surface area contributed by atoms with Crippen LogP contribution >= 0.6 is 0 Å². The molecule has 3 unspecified atom stereocenters. The van der Waals surface area contributed by atoms with Crippen LogP contribution in [-0.2, 0) is 4.74 Å². The van der Waals surface area contributed by atoms with E-state index in [0.717, 1.165) is 12.3 Å². The molecular weight excluding hydrogens is 148 g/mol. The van der Waals surface area contributed by atoms with Crippen LogP contribution in [0.4, 0.5) is 0 Å². The summed E-state index contributed by atoms with van der Waals surface area (Å²) in [4.78, 5) is 0. The molecule has 1 rings (SSSR count). The van der Waals surface area contributed by atoms with Crippen molar-refractivity contribution < 1.29 is 4.74 Å². The summed E-state index contributed by atoms with van der Waals surface area (Å²) in [6, 6.07) is 0. The van der Waals surface area contributed by atoms with Crippen molar-refractivity contribution >= 4 is 0 Å². The standard InChI is InChI=1S/C11H22O/c1-4-10(3)12-11-8-6-5-7-9(11)2/h9-11H,4-8H2,1-3H3. The van der Waals surface area contributed by atoms with Crippen LogP contribution in [0.3, 0.4) is 0 Å². The summed E-state index contributed by atoms with van der Waals surface area (Å²) in [6.07, 6.45) is 7.56. The van der Waals surface area contributed by atoms with E-state index in [2.05, 4.69) is 20.8 Å². The highest BCUT2D eigenvalue weighted by molar-refractivity contribution is 4.73. The van der Waals surface area contributed by atoms with Crippen LogP contribution in [0.1, 0.15) is 52.9 Å². The zero-order chi connectivity index (χ0) is 8.97. The second kappa shape index (κ2) is 4.86. The normalized spacial score (nSPS) is 33.2. The molecular formula is C11H22O. The lowest BCUT2D eigenvalue weighted by molar-refractivity contribution is -0.0487. The van der Waals surface area contributed by atoms with Crippen molar-refractivity contribution in [1.29, 1.82) is 0 Å². The fraction of sp³-hybridized carbons (Fsp3) is 1.00. The number of hydrogen-bond donors (Lipinski definition) is 0. The number of ether oxygens (including phenoxy) is 1. The monoisotopic (exact) mass is 170 g/mol. The Kier molecular flexibility index (Phi) is 4.07. The van der Waals surface area contributed by atoms with Gasteiger partial charge in [0.15, 0.2) is 0 Å². The minimum Gasteiger partial charge on any atom is -0.375 e. The molecule has 1 aliphatic carbocycles. The molecule has 1 aliphatic rings. The van der Waals surface area contributed by atoms with Gasteiger partial charge in [0, 0.05) is 0 Å². The largest absolute Gasteiger partial charge is 0.375 e. The molecule has 0 spiro atoms. The summed E-state index contributed by atoms with van der Waals surface area (Å²) in [6.45, 7) is 6.70. The first-order valence-corrected chi connectivity index (χ1v) is 5.39. The summed E-state index contributed by atoms with van der Waals surface area (Å²) >= 11 is 0. The third-order valence-corrected chi connectivity index (χ3v) is 3.01. The average molecular weight is 170 g/mol. The van der Waals surface area contributed by atoms with Crippen LogP contribution in [0.25, 0.3) is 0 Å². The second-order valence-corrected chi connectivity index (χ2v) is 4.16. The highest BCUT2D eigenvalue weighted by Crippen LogP contribution is 2.27. The maximum absolute atomic E-state index is 5.95. The van der Waals surface area contributed by atoms with Gasteiger partial charge in [-0.15, -0.1) is 0 Å². The van der Waals surface area contributed by atoms with Crippen LogP contribution in [0, 0.1) is 5.92 Å². The molecule has 0 radical (unpaired) electrons. The second-order valence-electron chi connectivity index (χ2n) is 4.16. The Morgan fingerprint density at radius 2 is 2.00 bits per heavy atom. The van der Waals surface area contributed by atoms with Gasteiger partial charge in [-0.2, -0.15) is 0 Å². The van der Waals surface area contributed by atoms with Gasteiger partial charge in [-0.05, 0) is 32.1 Å². The minimum absolute atomic E-state index is 0.454. The third-order valence-electron chi connectivity index (χ3n) is 3.01. The zero-order valence-corrected chi connectivity index (χ0v) is 8.68. The molecule has 0 bridgehead atoms. The van der Waals surface area contributed by atoms with Gasteiger partial charge in [0.2, 0.25) is 0 Å². The first-order chi connectivity index (χ1) is 5.74. The van der Waals surface area contributed by atoms with E-state index in [1.807, 2.05) is 0 Å². The maximum Gasteiger partial charge on any atom is 0.0604 e. The van der Waals surface area contributed by atoms with E-state index >= 15 is 0 Å². The van der Waals surface area contributed by atoms with Gasteiger partial charge in [-0.25, -0.2) is 0 Å². The molecule has 1 nitrogen and oxygen atoms in total. The van der Waals surface area contributed by atoms with Crippen LogP contribution in [0.5, 0.6) is 0 Å². The predicted octanol–water partition coefficient (Wildman–Crippen LogP) is 3.38. The lowest BCUT2D eigenvalue weighted by Crippen LogP contribution is -2.28. The molecule has 0 amide bonds. The molecule has 1 heteroatoms. The van der Waals surface area contributed by atoms with E-state index in [9.17, 15) is 0 Å². The lowest BCUT2D eigenvalue weighted by atomic mass is 9.88. The molecule has 0 saturated heterocycles. The summed E-state index contributed by atoms with van der Waals surface area (Å²) in [5.74, 6) is 0.785. The minimum atomic E-state index is 0.454. The fourth-order valence-electron chi connectivity index (χ4n) is 1.88. The topological polar surface area (TPSA) is 9.23 Å². The Bertz CT molecular complexity index is 122. The van der Waals surface area contributed by atoms with Gasteiger partial charge < -0.3 is 4.74 Å². The SMILES string of the molecule is CCC(C)OC1CCCCC1C. The van der Waals surface area contributed by atoms with Crippen LogP contribution < -0.4 is 0 Å². The quantitative estimate of drug-likeness (QED) is 0.631. The van der Waals surface area contributed by atoms with Gasteiger partial charge in [0.25, 0.3) is 0 Å². The van der Waals surface area contributed by atoms with Crippen molar-refractivity contribution in [2.75, 3.05) is 0 Å². The highest BCUT2D eigenvalue weighted by Gasteiger charge is 2.22. The molecule has 1 fully saturated rings. The Balaban J connectivity index is 2.28. The fourth-order valence-corrected chi connectivity index (χ4v) is 1.88. The third kappa shape index (κ3) is 2.78. The molecule has 3 atom stereocenters. The van der Waals surface area contributed by atoms with E-state index in [1.165, 1.54) is 25.7 Å². The smallest absolute Gasteiger partial charge is 0.0604 e. The molecule has 0 aliphatic heterocycles. The molecule has 12 heavy (non-hydrogen) atoms. The van der Waals surface area contributed by atoms with Crippen molar-refractivity contribution in [2.45, 2.75) is 65.1 Å². The van der Waals surface area contributed by atoms with Gasteiger partial charge in [-0.1, -0.05) is 26.7 Å². The van der Waals surface area contributed by atoms with Crippen molar-refractivity contribution in [2.24, 2.45) is 5.92 Å². The molecule has 1 saturated carbocycles. The first kappa shape index (κ1) is 10.0. The predicted molar refractivity (Wildman–Crippen MR) is 52.3 cm³/mol. The molecule has 72 valence electrons.